The Balaban J connectivity index is 1.61. The Morgan fingerprint density at radius 2 is 1.77 bits per heavy atom. The first kappa shape index (κ1) is 19.8. The number of hydrogen-bond acceptors (Lipinski definition) is 4. The topological polar surface area (TPSA) is 70.7 Å². The maximum absolute atomic E-state index is 11.9. The van der Waals surface area contributed by atoms with Crippen molar-refractivity contribution in [3.63, 3.8) is 0 Å². The van der Waals surface area contributed by atoms with E-state index in [1.54, 1.807) is 36.2 Å². The minimum Gasteiger partial charge on any atom is -0.492 e. The second kappa shape index (κ2) is 10.4. The molecule has 0 radical (unpaired) electrons. The van der Waals surface area contributed by atoms with Gasteiger partial charge in [-0.05, 0) is 36.9 Å². The van der Waals surface area contributed by atoms with Gasteiger partial charge in [0.05, 0.1) is 6.54 Å². The number of carbonyl (C=O) groups is 2. The zero-order valence-electron chi connectivity index (χ0n) is 14.6. The number of halogens is 1. The van der Waals surface area contributed by atoms with Crippen molar-refractivity contribution in [2.75, 3.05) is 26.7 Å². The molecule has 2 N–H and O–H groups in total. The second-order valence-electron chi connectivity index (χ2n) is 5.76. The van der Waals surface area contributed by atoms with Gasteiger partial charge in [-0.1, -0.05) is 41.9 Å². The van der Waals surface area contributed by atoms with Crippen molar-refractivity contribution in [2.45, 2.75) is 6.54 Å². The minimum absolute atomic E-state index is 0.0999. The lowest BCUT2D eigenvalue weighted by Gasteiger charge is -2.16. The monoisotopic (exact) mass is 375 g/mol. The number of amides is 3. The van der Waals surface area contributed by atoms with E-state index in [4.69, 9.17) is 16.3 Å². The van der Waals surface area contributed by atoms with Crippen LogP contribution in [0.15, 0.2) is 54.6 Å². The highest BCUT2D eigenvalue weighted by molar-refractivity contribution is 6.30. The number of likely N-dealkylation sites (N-methyl/N-ethyl adjacent to an activating group) is 1. The van der Waals surface area contributed by atoms with Crippen molar-refractivity contribution in [3.8, 4) is 5.75 Å². The van der Waals surface area contributed by atoms with Gasteiger partial charge in [-0.3, -0.25) is 15.0 Å². The molecule has 2 rings (SSSR count). The standard InChI is InChI=1S/C19H22ClN3O3/c1-23(11-12-26-17-9-7-16(20)8-10-17)14-18(24)22-19(25)21-13-15-5-3-2-4-6-15/h2-10H,11-14H2,1H3,(H2,21,22,24,25). The van der Waals surface area contributed by atoms with E-state index < -0.39 is 6.03 Å². The molecule has 0 aromatic heterocycles. The molecule has 0 atom stereocenters. The molecule has 0 saturated carbocycles. The predicted molar refractivity (Wildman–Crippen MR) is 101 cm³/mol. The van der Waals surface area contributed by atoms with Crippen LogP contribution in [-0.4, -0.2) is 43.6 Å². The highest BCUT2D eigenvalue weighted by atomic mass is 35.5. The van der Waals surface area contributed by atoms with Crippen LogP contribution in [0.2, 0.25) is 5.02 Å². The number of ether oxygens (including phenoxy) is 1. The molecule has 2 aromatic carbocycles. The summed E-state index contributed by atoms with van der Waals surface area (Å²) in [5.74, 6) is 0.345. The van der Waals surface area contributed by atoms with Crippen LogP contribution in [0.3, 0.4) is 0 Å². The van der Waals surface area contributed by atoms with E-state index in [1.807, 2.05) is 30.3 Å². The van der Waals surface area contributed by atoms with Gasteiger partial charge in [0.2, 0.25) is 5.91 Å². The van der Waals surface area contributed by atoms with E-state index >= 15 is 0 Å². The first-order valence-corrected chi connectivity index (χ1v) is 8.59. The molecule has 0 aliphatic heterocycles. The lowest BCUT2D eigenvalue weighted by molar-refractivity contribution is -0.120. The number of urea groups is 1. The Bertz CT molecular complexity index is 708. The first-order chi connectivity index (χ1) is 12.5. The van der Waals surface area contributed by atoms with Gasteiger partial charge in [-0.25, -0.2) is 4.79 Å². The molecule has 0 aliphatic carbocycles. The fraction of sp³-hybridized carbons (Fsp3) is 0.263. The van der Waals surface area contributed by atoms with Crippen LogP contribution in [0.4, 0.5) is 4.79 Å². The van der Waals surface area contributed by atoms with E-state index in [0.29, 0.717) is 30.5 Å². The lowest BCUT2D eigenvalue weighted by atomic mass is 10.2. The summed E-state index contributed by atoms with van der Waals surface area (Å²) < 4.78 is 5.57. The van der Waals surface area contributed by atoms with Crippen molar-refractivity contribution in [1.82, 2.24) is 15.5 Å². The maximum atomic E-state index is 11.9. The van der Waals surface area contributed by atoms with Crippen LogP contribution in [0, 0.1) is 0 Å². The molecule has 0 spiro atoms. The van der Waals surface area contributed by atoms with Gasteiger partial charge < -0.3 is 10.1 Å². The molecule has 2 aromatic rings. The Morgan fingerprint density at radius 1 is 1.08 bits per heavy atom. The SMILES string of the molecule is CN(CCOc1ccc(Cl)cc1)CC(=O)NC(=O)NCc1ccccc1. The van der Waals surface area contributed by atoms with E-state index in [1.165, 1.54) is 0 Å². The highest BCUT2D eigenvalue weighted by Gasteiger charge is 2.10. The normalized spacial score (nSPS) is 10.4. The molecule has 3 amide bonds. The Kier molecular flexibility index (Phi) is 7.92. The van der Waals surface area contributed by atoms with Gasteiger partial charge in [0.25, 0.3) is 0 Å². The molecule has 0 bridgehead atoms. The fourth-order valence-corrected chi connectivity index (χ4v) is 2.29. The second-order valence-corrected chi connectivity index (χ2v) is 6.19. The van der Waals surface area contributed by atoms with Crippen molar-refractivity contribution < 1.29 is 14.3 Å². The number of imide groups is 1. The molecule has 0 heterocycles. The Morgan fingerprint density at radius 3 is 2.46 bits per heavy atom. The molecule has 6 nitrogen and oxygen atoms in total. The van der Waals surface area contributed by atoms with Gasteiger partial charge in [0.15, 0.2) is 0 Å². The average Bonchev–Trinajstić information content (AvgIpc) is 2.62. The van der Waals surface area contributed by atoms with Crippen LogP contribution < -0.4 is 15.4 Å². The van der Waals surface area contributed by atoms with Crippen LogP contribution >= 0.6 is 11.6 Å². The molecule has 0 fully saturated rings. The minimum atomic E-state index is -0.510. The van der Waals surface area contributed by atoms with Gasteiger partial charge in [0.1, 0.15) is 12.4 Å². The summed E-state index contributed by atoms with van der Waals surface area (Å²) in [6, 6.07) is 16.0. The zero-order chi connectivity index (χ0) is 18.8. The van der Waals surface area contributed by atoms with Crippen molar-refractivity contribution in [1.29, 1.82) is 0 Å². The van der Waals surface area contributed by atoms with E-state index in [-0.39, 0.29) is 12.5 Å². The largest absolute Gasteiger partial charge is 0.492 e. The number of hydrogen-bond donors (Lipinski definition) is 2. The van der Waals surface area contributed by atoms with E-state index in [9.17, 15) is 9.59 Å². The van der Waals surface area contributed by atoms with Crippen LogP contribution in [0.1, 0.15) is 5.56 Å². The number of nitrogens with one attached hydrogen (secondary N) is 2. The molecule has 26 heavy (non-hydrogen) atoms. The lowest BCUT2D eigenvalue weighted by Crippen LogP contribution is -2.44. The quantitative estimate of drug-likeness (QED) is 0.744. The van der Waals surface area contributed by atoms with Gasteiger partial charge in [-0.2, -0.15) is 0 Å². The number of nitrogens with zero attached hydrogens (tertiary/aromatic N) is 1. The van der Waals surface area contributed by atoms with Crippen molar-refractivity contribution in [2.24, 2.45) is 0 Å². The smallest absolute Gasteiger partial charge is 0.321 e. The summed E-state index contributed by atoms with van der Waals surface area (Å²) in [5, 5.41) is 5.61. The van der Waals surface area contributed by atoms with Gasteiger partial charge in [-0.15, -0.1) is 0 Å². The van der Waals surface area contributed by atoms with Crippen LogP contribution in [-0.2, 0) is 11.3 Å². The zero-order valence-corrected chi connectivity index (χ0v) is 15.3. The average molecular weight is 376 g/mol. The molecular weight excluding hydrogens is 354 g/mol. The summed E-state index contributed by atoms with van der Waals surface area (Å²) in [6.07, 6.45) is 0. The van der Waals surface area contributed by atoms with Gasteiger partial charge >= 0.3 is 6.03 Å². The molecule has 7 heteroatoms. The summed E-state index contributed by atoms with van der Waals surface area (Å²) in [5.41, 5.74) is 0.964. The van der Waals surface area contributed by atoms with E-state index in [2.05, 4.69) is 10.6 Å². The van der Waals surface area contributed by atoms with Crippen LogP contribution in [0.5, 0.6) is 5.75 Å². The summed E-state index contributed by atoms with van der Waals surface area (Å²) >= 11 is 5.81. The van der Waals surface area contributed by atoms with Gasteiger partial charge in [0, 0.05) is 18.1 Å². The van der Waals surface area contributed by atoms with Crippen molar-refractivity contribution >= 4 is 23.5 Å². The van der Waals surface area contributed by atoms with E-state index in [0.717, 1.165) is 5.56 Å². The Labute approximate surface area is 158 Å². The molecule has 0 aliphatic rings. The summed E-state index contributed by atoms with van der Waals surface area (Å²) in [7, 11) is 1.78. The summed E-state index contributed by atoms with van der Waals surface area (Å²) in [4.78, 5) is 25.4. The molecule has 0 unspecified atom stereocenters. The molecule has 138 valence electrons. The number of carbonyl (C=O) groups excluding carboxylic acids is 2. The molecular formula is C19H22ClN3O3. The predicted octanol–water partition coefficient (Wildman–Crippen LogP) is 2.68. The third-order valence-electron chi connectivity index (χ3n) is 3.52. The first-order valence-electron chi connectivity index (χ1n) is 8.21. The number of benzene rings is 2. The van der Waals surface area contributed by atoms with Crippen molar-refractivity contribution in [3.05, 3.63) is 65.2 Å². The third kappa shape index (κ3) is 7.55. The third-order valence-corrected chi connectivity index (χ3v) is 3.77. The number of rotatable bonds is 8. The Hall–Kier alpha value is -2.57. The van der Waals surface area contributed by atoms with Crippen LogP contribution in [0.25, 0.3) is 0 Å². The summed E-state index contributed by atoms with van der Waals surface area (Å²) in [6.45, 7) is 1.43. The maximum Gasteiger partial charge on any atom is 0.321 e. The molecule has 0 saturated heterocycles. The fourth-order valence-electron chi connectivity index (χ4n) is 2.16. The highest BCUT2D eigenvalue weighted by Crippen LogP contribution is 2.15.